The molecule has 18 heavy (non-hydrogen) atoms. The Morgan fingerprint density at radius 3 is 2.94 bits per heavy atom. The molecule has 1 atom stereocenters. The van der Waals surface area contributed by atoms with Crippen LogP contribution in [0.25, 0.3) is 0 Å². The highest BCUT2D eigenvalue weighted by Gasteiger charge is 2.21. The second kappa shape index (κ2) is 6.89. The fourth-order valence-electron chi connectivity index (χ4n) is 1.53. The van der Waals surface area contributed by atoms with Crippen LogP contribution in [0.5, 0.6) is 0 Å². The Labute approximate surface area is 115 Å². The average Bonchev–Trinajstić information content (AvgIpc) is 2.35. The summed E-state index contributed by atoms with van der Waals surface area (Å²) < 4.78 is 18.4. The Bertz CT molecular complexity index is 426. The molecule has 1 amide bonds. The molecule has 1 heterocycles. The molecule has 0 saturated carbocycles. The molecule has 4 nitrogen and oxygen atoms in total. The zero-order chi connectivity index (χ0) is 12.3. The fourth-order valence-corrected chi connectivity index (χ4v) is 1.65. The molecule has 0 aromatic heterocycles. The molecule has 100 valence electrons. The summed E-state index contributed by atoms with van der Waals surface area (Å²) in [5.41, 5.74) is 0.367. The zero-order valence-electron chi connectivity index (χ0n) is 9.41. The second-order valence-electron chi connectivity index (χ2n) is 3.68. The van der Waals surface area contributed by atoms with Gasteiger partial charge in [-0.15, -0.1) is 12.4 Å². The predicted molar refractivity (Wildman–Crippen MR) is 69.9 cm³/mol. The van der Waals surface area contributed by atoms with Crippen LogP contribution in [-0.2, 0) is 9.53 Å². The molecule has 1 saturated heterocycles. The monoisotopic (exact) mass is 294 g/mol. The third kappa shape index (κ3) is 3.81. The van der Waals surface area contributed by atoms with Crippen molar-refractivity contribution in [3.8, 4) is 0 Å². The van der Waals surface area contributed by atoms with Crippen molar-refractivity contribution in [2.24, 2.45) is 0 Å². The van der Waals surface area contributed by atoms with Gasteiger partial charge in [-0.1, -0.05) is 11.6 Å². The molecular weight excluding hydrogens is 282 g/mol. The lowest BCUT2D eigenvalue weighted by atomic mass is 10.2. The van der Waals surface area contributed by atoms with Gasteiger partial charge in [0, 0.05) is 18.8 Å². The first kappa shape index (κ1) is 15.2. The van der Waals surface area contributed by atoms with Crippen LogP contribution >= 0.6 is 24.0 Å². The third-order valence-electron chi connectivity index (χ3n) is 2.41. The van der Waals surface area contributed by atoms with Crippen molar-refractivity contribution in [1.82, 2.24) is 5.32 Å². The van der Waals surface area contributed by atoms with Gasteiger partial charge < -0.3 is 15.4 Å². The van der Waals surface area contributed by atoms with Gasteiger partial charge in [0.1, 0.15) is 11.9 Å². The SMILES string of the molecule is Cl.O=C(Nc1ccc(Cl)c(F)c1)C1CNCCO1. The van der Waals surface area contributed by atoms with Gasteiger partial charge in [-0.3, -0.25) is 4.79 Å². The van der Waals surface area contributed by atoms with Crippen LogP contribution in [0.3, 0.4) is 0 Å². The van der Waals surface area contributed by atoms with Gasteiger partial charge in [-0.25, -0.2) is 4.39 Å². The van der Waals surface area contributed by atoms with Gasteiger partial charge >= 0.3 is 0 Å². The van der Waals surface area contributed by atoms with E-state index in [1.165, 1.54) is 12.1 Å². The first-order valence-electron chi connectivity index (χ1n) is 5.25. The minimum atomic E-state index is -0.563. The summed E-state index contributed by atoms with van der Waals surface area (Å²) in [7, 11) is 0. The normalized spacial score (nSPS) is 18.9. The van der Waals surface area contributed by atoms with Crippen molar-refractivity contribution in [3.05, 3.63) is 29.0 Å². The maximum Gasteiger partial charge on any atom is 0.254 e. The second-order valence-corrected chi connectivity index (χ2v) is 4.09. The van der Waals surface area contributed by atoms with Gasteiger partial charge in [0.15, 0.2) is 0 Å². The number of hydrogen-bond donors (Lipinski definition) is 2. The summed E-state index contributed by atoms with van der Waals surface area (Å²) in [6.07, 6.45) is -0.539. The smallest absolute Gasteiger partial charge is 0.254 e. The number of anilines is 1. The Kier molecular flexibility index (Phi) is 5.81. The van der Waals surface area contributed by atoms with Crippen LogP contribution in [0.1, 0.15) is 0 Å². The highest BCUT2D eigenvalue weighted by Crippen LogP contribution is 2.18. The minimum absolute atomic E-state index is 0. The van der Waals surface area contributed by atoms with Gasteiger partial charge in [-0.2, -0.15) is 0 Å². The van der Waals surface area contributed by atoms with Gasteiger partial charge in [0.2, 0.25) is 0 Å². The standard InChI is InChI=1S/C11H12ClFN2O2.ClH/c12-8-2-1-7(5-9(8)13)15-11(16)10-6-14-3-4-17-10;/h1-2,5,10,14H,3-4,6H2,(H,15,16);1H. The molecule has 2 rings (SSSR count). The van der Waals surface area contributed by atoms with Gasteiger partial charge in [-0.05, 0) is 18.2 Å². The predicted octanol–water partition coefficient (Wildman–Crippen LogP) is 1.83. The Hall–Kier alpha value is -0.880. The van der Waals surface area contributed by atoms with Crippen LogP contribution in [0.15, 0.2) is 18.2 Å². The number of amides is 1. The minimum Gasteiger partial charge on any atom is -0.366 e. The van der Waals surface area contributed by atoms with E-state index in [2.05, 4.69) is 10.6 Å². The Balaban J connectivity index is 0.00000162. The van der Waals surface area contributed by atoms with E-state index in [4.69, 9.17) is 16.3 Å². The van der Waals surface area contributed by atoms with E-state index in [1.807, 2.05) is 0 Å². The summed E-state index contributed by atoms with van der Waals surface area (Å²) >= 11 is 5.54. The van der Waals surface area contributed by atoms with Crippen molar-refractivity contribution >= 4 is 35.6 Å². The first-order chi connectivity index (χ1) is 8.16. The molecule has 0 bridgehead atoms. The maximum absolute atomic E-state index is 13.1. The number of hydrogen-bond acceptors (Lipinski definition) is 3. The Morgan fingerprint density at radius 1 is 1.56 bits per heavy atom. The molecule has 0 spiro atoms. The van der Waals surface area contributed by atoms with Gasteiger partial charge in [0.25, 0.3) is 5.91 Å². The molecule has 1 aliphatic rings. The molecule has 1 aliphatic heterocycles. The molecular formula is C11H13Cl2FN2O2. The quantitative estimate of drug-likeness (QED) is 0.875. The zero-order valence-corrected chi connectivity index (χ0v) is 11.0. The summed E-state index contributed by atoms with van der Waals surface area (Å²) in [5.74, 6) is -0.855. The average molecular weight is 295 g/mol. The molecule has 0 aliphatic carbocycles. The number of carbonyl (C=O) groups excluding carboxylic acids is 1. The van der Waals surface area contributed by atoms with Crippen LogP contribution in [0, 0.1) is 5.82 Å². The van der Waals surface area contributed by atoms with Crippen molar-refractivity contribution in [2.75, 3.05) is 25.0 Å². The molecule has 1 unspecified atom stereocenters. The number of rotatable bonds is 2. The third-order valence-corrected chi connectivity index (χ3v) is 2.71. The molecule has 1 aromatic rings. The summed E-state index contributed by atoms with van der Waals surface area (Å²) in [6.45, 7) is 1.69. The van der Waals surface area contributed by atoms with E-state index < -0.39 is 11.9 Å². The van der Waals surface area contributed by atoms with Crippen LogP contribution in [0.4, 0.5) is 10.1 Å². The summed E-state index contributed by atoms with van der Waals surface area (Å²) in [6, 6.07) is 4.11. The van der Waals surface area contributed by atoms with Crippen molar-refractivity contribution in [1.29, 1.82) is 0 Å². The molecule has 2 N–H and O–H groups in total. The summed E-state index contributed by atoms with van der Waals surface area (Å²) in [5, 5.41) is 5.64. The molecule has 7 heteroatoms. The van der Waals surface area contributed by atoms with E-state index in [0.29, 0.717) is 18.8 Å². The van der Waals surface area contributed by atoms with E-state index in [9.17, 15) is 9.18 Å². The summed E-state index contributed by atoms with van der Waals surface area (Å²) in [4.78, 5) is 11.7. The number of halogens is 3. The molecule has 1 aromatic carbocycles. The topological polar surface area (TPSA) is 50.4 Å². The van der Waals surface area contributed by atoms with Crippen molar-refractivity contribution < 1.29 is 13.9 Å². The number of benzene rings is 1. The molecule has 0 radical (unpaired) electrons. The number of nitrogens with one attached hydrogen (secondary N) is 2. The fraction of sp³-hybridized carbons (Fsp3) is 0.364. The number of carbonyl (C=O) groups is 1. The number of morpholine rings is 1. The van der Waals surface area contributed by atoms with Crippen LogP contribution < -0.4 is 10.6 Å². The Morgan fingerprint density at radius 2 is 2.33 bits per heavy atom. The van der Waals surface area contributed by atoms with Crippen molar-refractivity contribution in [2.45, 2.75) is 6.10 Å². The number of ether oxygens (including phenoxy) is 1. The van der Waals surface area contributed by atoms with E-state index in [0.717, 1.165) is 6.54 Å². The molecule has 1 fully saturated rings. The lowest BCUT2D eigenvalue weighted by molar-refractivity contribution is -0.128. The van der Waals surface area contributed by atoms with Crippen LogP contribution in [-0.4, -0.2) is 31.7 Å². The maximum atomic E-state index is 13.1. The highest BCUT2D eigenvalue weighted by molar-refractivity contribution is 6.30. The van der Waals surface area contributed by atoms with Crippen molar-refractivity contribution in [3.63, 3.8) is 0 Å². The lowest BCUT2D eigenvalue weighted by Crippen LogP contribution is -2.45. The first-order valence-corrected chi connectivity index (χ1v) is 5.63. The van der Waals surface area contributed by atoms with Gasteiger partial charge in [0.05, 0.1) is 11.6 Å². The van der Waals surface area contributed by atoms with E-state index in [-0.39, 0.29) is 23.3 Å². The van der Waals surface area contributed by atoms with E-state index >= 15 is 0 Å². The largest absolute Gasteiger partial charge is 0.366 e. The lowest BCUT2D eigenvalue weighted by Gasteiger charge is -2.22. The van der Waals surface area contributed by atoms with Crippen LogP contribution in [0.2, 0.25) is 5.02 Å². The highest BCUT2D eigenvalue weighted by atomic mass is 35.5. The van der Waals surface area contributed by atoms with E-state index in [1.54, 1.807) is 6.07 Å².